The Morgan fingerprint density at radius 2 is 2.00 bits per heavy atom. The molecular formula is C14H28N2O2S. The van der Waals surface area contributed by atoms with E-state index in [-0.39, 0.29) is 10.8 Å². The fraction of sp³-hybridized carbons (Fsp3) is 1.00. The smallest absolute Gasteiger partial charge is 0.154 e. The SMILES string of the molecule is CCC1(CC)CN(CC2CCCS2(=O)=O)CCCN1. The van der Waals surface area contributed by atoms with Crippen LogP contribution < -0.4 is 5.32 Å². The Kier molecular flexibility index (Phi) is 4.90. The number of hydrogen-bond donors (Lipinski definition) is 1. The van der Waals surface area contributed by atoms with Crippen LogP contribution in [0.5, 0.6) is 0 Å². The highest BCUT2D eigenvalue weighted by atomic mass is 32.2. The van der Waals surface area contributed by atoms with Gasteiger partial charge in [-0.3, -0.25) is 0 Å². The van der Waals surface area contributed by atoms with Crippen molar-refractivity contribution in [2.75, 3.05) is 31.9 Å². The summed E-state index contributed by atoms with van der Waals surface area (Å²) in [5.74, 6) is 0.399. The first-order chi connectivity index (χ1) is 9.01. The van der Waals surface area contributed by atoms with E-state index in [4.69, 9.17) is 0 Å². The van der Waals surface area contributed by atoms with Gasteiger partial charge in [0.2, 0.25) is 0 Å². The number of nitrogens with zero attached hydrogens (tertiary/aromatic N) is 1. The normalized spacial score (nSPS) is 31.2. The van der Waals surface area contributed by atoms with Gasteiger partial charge in [-0.15, -0.1) is 0 Å². The van der Waals surface area contributed by atoms with Crippen molar-refractivity contribution in [1.29, 1.82) is 0 Å². The van der Waals surface area contributed by atoms with E-state index in [1.807, 2.05) is 0 Å². The molecule has 4 nitrogen and oxygen atoms in total. The monoisotopic (exact) mass is 288 g/mol. The summed E-state index contributed by atoms with van der Waals surface area (Å²) in [5, 5.41) is 3.57. The molecule has 0 bridgehead atoms. The van der Waals surface area contributed by atoms with E-state index in [1.165, 1.54) is 0 Å². The molecule has 112 valence electrons. The molecule has 2 fully saturated rings. The van der Waals surface area contributed by atoms with Gasteiger partial charge in [-0.25, -0.2) is 8.42 Å². The maximum absolute atomic E-state index is 12.0. The molecule has 0 aromatic heterocycles. The van der Waals surface area contributed by atoms with Crippen LogP contribution >= 0.6 is 0 Å². The summed E-state index contributed by atoms with van der Waals surface area (Å²) in [6.45, 7) is 8.27. The van der Waals surface area contributed by atoms with E-state index in [0.717, 1.165) is 58.3 Å². The highest BCUT2D eigenvalue weighted by Crippen LogP contribution is 2.24. The maximum Gasteiger partial charge on any atom is 0.154 e. The van der Waals surface area contributed by atoms with Crippen molar-refractivity contribution in [3.63, 3.8) is 0 Å². The Bertz CT molecular complexity index is 390. The van der Waals surface area contributed by atoms with Crippen LogP contribution in [0.15, 0.2) is 0 Å². The minimum absolute atomic E-state index is 0.114. The average molecular weight is 288 g/mol. The molecule has 0 aliphatic carbocycles. The lowest BCUT2D eigenvalue weighted by molar-refractivity contribution is 0.196. The predicted molar refractivity (Wildman–Crippen MR) is 79.2 cm³/mol. The van der Waals surface area contributed by atoms with Crippen LogP contribution in [-0.2, 0) is 9.84 Å². The van der Waals surface area contributed by atoms with Gasteiger partial charge in [0.1, 0.15) is 0 Å². The lowest BCUT2D eigenvalue weighted by Crippen LogP contribution is -2.51. The molecule has 1 unspecified atom stereocenters. The number of nitrogens with one attached hydrogen (secondary N) is 1. The van der Waals surface area contributed by atoms with Crippen LogP contribution in [-0.4, -0.2) is 56.0 Å². The van der Waals surface area contributed by atoms with Crippen LogP contribution in [0.25, 0.3) is 0 Å². The van der Waals surface area contributed by atoms with E-state index in [0.29, 0.717) is 5.75 Å². The first-order valence-corrected chi connectivity index (χ1v) is 9.42. The van der Waals surface area contributed by atoms with Gasteiger partial charge in [0.05, 0.1) is 11.0 Å². The summed E-state index contributed by atoms with van der Waals surface area (Å²) in [4.78, 5) is 2.39. The molecule has 0 radical (unpaired) electrons. The van der Waals surface area contributed by atoms with Crippen LogP contribution in [0, 0.1) is 0 Å². The molecule has 2 rings (SSSR count). The predicted octanol–water partition coefficient (Wildman–Crippen LogP) is 1.42. The Hall–Kier alpha value is -0.130. The van der Waals surface area contributed by atoms with Crippen LogP contribution in [0.4, 0.5) is 0 Å². The van der Waals surface area contributed by atoms with E-state index >= 15 is 0 Å². The van der Waals surface area contributed by atoms with Gasteiger partial charge < -0.3 is 10.2 Å². The molecule has 0 saturated carbocycles. The number of sulfone groups is 1. The molecule has 0 spiro atoms. The van der Waals surface area contributed by atoms with E-state index in [1.54, 1.807) is 0 Å². The summed E-state index contributed by atoms with van der Waals surface area (Å²) >= 11 is 0. The molecule has 0 amide bonds. The molecule has 2 saturated heterocycles. The summed E-state index contributed by atoms with van der Waals surface area (Å²) in [5.41, 5.74) is 0.179. The number of hydrogen-bond acceptors (Lipinski definition) is 4. The highest BCUT2D eigenvalue weighted by Gasteiger charge is 2.36. The molecular weight excluding hydrogens is 260 g/mol. The third kappa shape index (κ3) is 3.50. The van der Waals surface area contributed by atoms with Crippen molar-refractivity contribution in [3.05, 3.63) is 0 Å². The fourth-order valence-corrected chi connectivity index (χ4v) is 5.32. The lowest BCUT2D eigenvalue weighted by atomic mass is 9.92. The second kappa shape index (κ2) is 6.10. The third-order valence-electron chi connectivity index (χ3n) is 4.96. The molecule has 2 heterocycles. The minimum Gasteiger partial charge on any atom is -0.310 e. The molecule has 19 heavy (non-hydrogen) atoms. The van der Waals surface area contributed by atoms with Gasteiger partial charge in [0, 0.05) is 18.6 Å². The van der Waals surface area contributed by atoms with Gasteiger partial charge in [-0.2, -0.15) is 0 Å². The van der Waals surface area contributed by atoms with Gasteiger partial charge in [-0.05, 0) is 45.2 Å². The zero-order valence-electron chi connectivity index (χ0n) is 12.3. The molecule has 5 heteroatoms. The largest absolute Gasteiger partial charge is 0.310 e. The molecule has 1 atom stereocenters. The van der Waals surface area contributed by atoms with Crippen LogP contribution in [0.2, 0.25) is 0 Å². The van der Waals surface area contributed by atoms with Crippen molar-refractivity contribution in [2.45, 2.75) is 56.7 Å². The van der Waals surface area contributed by atoms with E-state index < -0.39 is 9.84 Å². The van der Waals surface area contributed by atoms with E-state index in [2.05, 4.69) is 24.1 Å². The fourth-order valence-electron chi connectivity index (χ4n) is 3.45. The second-order valence-corrected chi connectivity index (χ2v) is 8.53. The second-order valence-electron chi connectivity index (χ2n) is 6.13. The van der Waals surface area contributed by atoms with Gasteiger partial charge in [-0.1, -0.05) is 13.8 Å². The Labute approximate surface area is 117 Å². The van der Waals surface area contributed by atoms with Crippen molar-refractivity contribution in [1.82, 2.24) is 10.2 Å². The molecule has 1 N–H and O–H groups in total. The Morgan fingerprint density at radius 3 is 2.58 bits per heavy atom. The summed E-state index contributed by atoms with van der Waals surface area (Å²) in [6.07, 6.45) is 5.05. The number of rotatable bonds is 4. The molecule has 2 aliphatic heterocycles. The summed E-state index contributed by atoms with van der Waals surface area (Å²) in [6, 6.07) is 0. The molecule has 0 aromatic carbocycles. The molecule has 0 aromatic rings. The first-order valence-electron chi connectivity index (χ1n) is 7.70. The van der Waals surface area contributed by atoms with Crippen LogP contribution in [0.3, 0.4) is 0 Å². The molecule has 2 aliphatic rings. The Morgan fingerprint density at radius 1 is 1.26 bits per heavy atom. The van der Waals surface area contributed by atoms with Crippen LogP contribution in [0.1, 0.15) is 46.0 Å². The average Bonchev–Trinajstić information content (AvgIpc) is 2.62. The Balaban J connectivity index is 2.03. The zero-order valence-corrected chi connectivity index (χ0v) is 13.1. The van der Waals surface area contributed by atoms with E-state index in [9.17, 15) is 8.42 Å². The van der Waals surface area contributed by atoms with Gasteiger partial charge >= 0.3 is 0 Å². The van der Waals surface area contributed by atoms with Gasteiger partial charge in [0.25, 0.3) is 0 Å². The minimum atomic E-state index is -2.81. The summed E-state index contributed by atoms with van der Waals surface area (Å²) < 4.78 is 24.0. The van der Waals surface area contributed by atoms with Crippen molar-refractivity contribution >= 4 is 9.84 Å². The third-order valence-corrected chi connectivity index (χ3v) is 7.21. The quantitative estimate of drug-likeness (QED) is 0.850. The standard InChI is InChI=1S/C14H28N2O2S/c1-3-14(4-2)12-16(9-6-8-15-14)11-13-7-5-10-19(13,17)18/h13,15H,3-12H2,1-2H3. The topological polar surface area (TPSA) is 49.4 Å². The van der Waals surface area contributed by atoms with Crippen molar-refractivity contribution in [3.8, 4) is 0 Å². The zero-order chi connectivity index (χ0) is 13.9. The van der Waals surface area contributed by atoms with Gasteiger partial charge in [0.15, 0.2) is 9.84 Å². The summed E-state index contributed by atoms with van der Waals surface area (Å²) in [7, 11) is -2.81. The lowest BCUT2D eigenvalue weighted by Gasteiger charge is -2.36. The maximum atomic E-state index is 12.0. The highest BCUT2D eigenvalue weighted by molar-refractivity contribution is 7.92. The van der Waals surface area contributed by atoms with Crippen molar-refractivity contribution in [2.24, 2.45) is 0 Å². The van der Waals surface area contributed by atoms with Crippen molar-refractivity contribution < 1.29 is 8.42 Å². The first kappa shape index (κ1) is 15.3.